The van der Waals surface area contributed by atoms with E-state index < -0.39 is 40.2 Å². The number of hydrogen-bond acceptors (Lipinski definition) is 6. The fraction of sp³-hybridized carbons (Fsp3) is 0.240. The SMILES string of the molecule is COCCN1CN(Cc2ccccc2)n2cc(C(=O)NCc3ccc(F)cc3F)c(=O)c(O)c2C1=O. The Kier molecular flexibility index (Phi) is 7.30. The van der Waals surface area contributed by atoms with Crippen LogP contribution in [0.3, 0.4) is 0 Å². The molecule has 0 fully saturated rings. The fourth-order valence-corrected chi connectivity index (χ4v) is 3.88. The first-order valence-electron chi connectivity index (χ1n) is 11.1. The van der Waals surface area contributed by atoms with E-state index in [-0.39, 0.29) is 37.6 Å². The summed E-state index contributed by atoms with van der Waals surface area (Å²) < 4.78 is 33.5. The highest BCUT2D eigenvalue weighted by Gasteiger charge is 2.34. The van der Waals surface area contributed by atoms with Crippen molar-refractivity contribution < 1.29 is 28.2 Å². The van der Waals surface area contributed by atoms with Gasteiger partial charge in [-0.25, -0.2) is 8.78 Å². The minimum atomic E-state index is -1.04. The average Bonchev–Trinajstić information content (AvgIpc) is 2.86. The van der Waals surface area contributed by atoms with E-state index in [0.29, 0.717) is 12.6 Å². The number of amides is 2. The van der Waals surface area contributed by atoms with Gasteiger partial charge in [-0.3, -0.25) is 24.1 Å². The lowest BCUT2D eigenvalue weighted by Crippen LogP contribution is -2.54. The molecule has 188 valence electrons. The molecule has 0 unspecified atom stereocenters. The number of ether oxygens (including phenoxy) is 1. The molecule has 2 amide bonds. The molecule has 0 saturated carbocycles. The number of halogens is 2. The van der Waals surface area contributed by atoms with Crippen LogP contribution in [0.2, 0.25) is 0 Å². The molecular formula is C25H24F2N4O5. The molecule has 3 aromatic rings. The number of carbonyl (C=O) groups is 2. The topological polar surface area (TPSA) is 104 Å². The minimum Gasteiger partial charge on any atom is -0.502 e. The zero-order valence-corrected chi connectivity index (χ0v) is 19.4. The van der Waals surface area contributed by atoms with Crippen LogP contribution in [0, 0.1) is 11.6 Å². The number of benzene rings is 2. The number of methoxy groups -OCH3 is 1. The van der Waals surface area contributed by atoms with Gasteiger partial charge in [0.15, 0.2) is 11.4 Å². The van der Waals surface area contributed by atoms with Crippen molar-refractivity contribution in [3.05, 3.63) is 99.0 Å². The van der Waals surface area contributed by atoms with E-state index in [1.165, 1.54) is 28.9 Å². The second-order valence-corrected chi connectivity index (χ2v) is 8.19. The summed E-state index contributed by atoms with van der Waals surface area (Å²) in [5.74, 6) is -3.96. The van der Waals surface area contributed by atoms with Gasteiger partial charge in [0.05, 0.1) is 13.2 Å². The summed E-state index contributed by atoms with van der Waals surface area (Å²) in [5, 5.41) is 14.8. The first kappa shape index (κ1) is 24.9. The second kappa shape index (κ2) is 10.6. The standard InChI is InChI=1S/C25H24F2N4O5/c1-36-10-9-29-15-30(13-16-5-3-2-4-6-16)31-14-19(22(32)23(33)21(31)25(29)35)24(34)28-12-17-7-8-18(26)11-20(17)27/h2-8,11,14,33H,9-10,12-13,15H2,1H3,(H,28,34). The van der Waals surface area contributed by atoms with Crippen molar-refractivity contribution in [2.75, 3.05) is 31.9 Å². The highest BCUT2D eigenvalue weighted by molar-refractivity contribution is 5.99. The molecule has 0 radical (unpaired) electrons. The van der Waals surface area contributed by atoms with Crippen LogP contribution in [0.1, 0.15) is 32.0 Å². The van der Waals surface area contributed by atoms with Gasteiger partial charge in [-0.15, -0.1) is 0 Å². The highest BCUT2D eigenvalue weighted by atomic mass is 19.1. The number of nitrogens with zero attached hydrogens (tertiary/aromatic N) is 3. The molecular weight excluding hydrogens is 474 g/mol. The van der Waals surface area contributed by atoms with Gasteiger partial charge in [-0.2, -0.15) is 0 Å². The highest BCUT2D eigenvalue weighted by Crippen LogP contribution is 2.22. The first-order chi connectivity index (χ1) is 17.3. The molecule has 0 spiro atoms. The van der Waals surface area contributed by atoms with Crippen LogP contribution >= 0.6 is 0 Å². The van der Waals surface area contributed by atoms with E-state index in [1.807, 2.05) is 30.3 Å². The van der Waals surface area contributed by atoms with Crippen LogP contribution in [-0.2, 0) is 17.8 Å². The van der Waals surface area contributed by atoms with Crippen LogP contribution in [-0.4, -0.2) is 53.4 Å². The number of pyridine rings is 1. The van der Waals surface area contributed by atoms with Gasteiger partial charge in [0.25, 0.3) is 11.8 Å². The average molecular weight is 498 g/mol. The number of aromatic hydroxyl groups is 1. The smallest absolute Gasteiger partial charge is 0.277 e. The summed E-state index contributed by atoms with van der Waals surface area (Å²) in [7, 11) is 1.49. The summed E-state index contributed by atoms with van der Waals surface area (Å²) in [6.07, 6.45) is 1.18. The molecule has 36 heavy (non-hydrogen) atoms. The molecule has 11 heteroatoms. The van der Waals surface area contributed by atoms with Crippen molar-refractivity contribution in [3.63, 3.8) is 0 Å². The maximum absolute atomic E-state index is 13.9. The van der Waals surface area contributed by atoms with Crippen LogP contribution in [0.25, 0.3) is 0 Å². The second-order valence-electron chi connectivity index (χ2n) is 8.19. The molecule has 0 atom stereocenters. The van der Waals surface area contributed by atoms with E-state index in [2.05, 4.69) is 5.32 Å². The molecule has 2 heterocycles. The Morgan fingerprint density at radius 3 is 2.58 bits per heavy atom. The Labute approximate surface area is 205 Å². The predicted molar refractivity (Wildman–Crippen MR) is 126 cm³/mol. The lowest BCUT2D eigenvalue weighted by Gasteiger charge is -2.39. The predicted octanol–water partition coefficient (Wildman–Crippen LogP) is 1.96. The fourth-order valence-electron chi connectivity index (χ4n) is 3.88. The molecule has 1 aliphatic rings. The minimum absolute atomic E-state index is 0.0155. The molecule has 0 saturated heterocycles. The molecule has 4 rings (SSSR count). The maximum atomic E-state index is 13.9. The third-order valence-electron chi connectivity index (χ3n) is 5.77. The first-order valence-corrected chi connectivity index (χ1v) is 11.1. The van der Waals surface area contributed by atoms with Crippen LogP contribution in [0.4, 0.5) is 8.78 Å². The van der Waals surface area contributed by atoms with Gasteiger partial charge < -0.3 is 20.1 Å². The normalized spacial score (nSPS) is 13.0. The summed E-state index contributed by atoms with van der Waals surface area (Å²) in [5.41, 5.74) is -0.850. The lowest BCUT2D eigenvalue weighted by atomic mass is 10.1. The van der Waals surface area contributed by atoms with Crippen molar-refractivity contribution >= 4 is 11.8 Å². The van der Waals surface area contributed by atoms with Crippen molar-refractivity contribution in [1.82, 2.24) is 14.9 Å². The number of rotatable bonds is 8. The third kappa shape index (κ3) is 5.05. The van der Waals surface area contributed by atoms with Gasteiger partial charge in [0.2, 0.25) is 5.43 Å². The van der Waals surface area contributed by atoms with E-state index in [9.17, 15) is 28.3 Å². The molecule has 0 aliphatic carbocycles. The Morgan fingerprint density at radius 1 is 1.14 bits per heavy atom. The number of fused-ring (bicyclic) bond motifs is 1. The molecule has 9 nitrogen and oxygen atoms in total. The quantitative estimate of drug-likeness (QED) is 0.492. The Morgan fingerprint density at radius 2 is 1.89 bits per heavy atom. The van der Waals surface area contributed by atoms with Crippen LogP contribution in [0.5, 0.6) is 5.75 Å². The number of carbonyl (C=O) groups excluding carboxylic acids is 2. The summed E-state index contributed by atoms with van der Waals surface area (Å²) >= 11 is 0. The summed E-state index contributed by atoms with van der Waals surface area (Å²) in [6.45, 7) is 0.559. The van der Waals surface area contributed by atoms with E-state index in [4.69, 9.17) is 4.74 Å². The van der Waals surface area contributed by atoms with Gasteiger partial charge in [-0.1, -0.05) is 36.4 Å². The Bertz CT molecular complexity index is 1350. The van der Waals surface area contributed by atoms with E-state index >= 15 is 0 Å². The van der Waals surface area contributed by atoms with Crippen molar-refractivity contribution in [1.29, 1.82) is 0 Å². The number of nitrogens with one attached hydrogen (secondary N) is 1. The van der Waals surface area contributed by atoms with E-state index in [1.54, 1.807) is 5.01 Å². The van der Waals surface area contributed by atoms with Gasteiger partial charge in [-0.05, 0) is 11.6 Å². The summed E-state index contributed by atoms with van der Waals surface area (Å²) in [4.78, 5) is 40.2. The molecule has 0 bridgehead atoms. The zero-order valence-electron chi connectivity index (χ0n) is 19.4. The molecule has 1 aliphatic heterocycles. The lowest BCUT2D eigenvalue weighted by molar-refractivity contribution is 0.0619. The van der Waals surface area contributed by atoms with Crippen LogP contribution in [0.15, 0.2) is 59.5 Å². The van der Waals surface area contributed by atoms with Crippen molar-refractivity contribution in [2.24, 2.45) is 0 Å². The maximum Gasteiger partial charge on any atom is 0.277 e. The van der Waals surface area contributed by atoms with E-state index in [0.717, 1.165) is 11.6 Å². The monoisotopic (exact) mass is 498 g/mol. The molecule has 2 aromatic carbocycles. The Balaban J connectivity index is 1.69. The van der Waals surface area contributed by atoms with Crippen molar-refractivity contribution in [2.45, 2.75) is 13.1 Å². The zero-order chi connectivity index (χ0) is 25.8. The van der Waals surface area contributed by atoms with Gasteiger partial charge >= 0.3 is 0 Å². The van der Waals surface area contributed by atoms with Gasteiger partial charge in [0, 0.05) is 38.0 Å². The van der Waals surface area contributed by atoms with Crippen molar-refractivity contribution in [3.8, 4) is 5.75 Å². The van der Waals surface area contributed by atoms with Gasteiger partial charge in [0.1, 0.15) is 23.9 Å². The largest absolute Gasteiger partial charge is 0.502 e. The summed E-state index contributed by atoms with van der Waals surface area (Å²) in [6, 6.07) is 12.2. The third-order valence-corrected chi connectivity index (χ3v) is 5.77. The molecule has 2 N–H and O–H groups in total. The number of aromatic nitrogens is 1. The molecule has 1 aromatic heterocycles. The number of hydrogen-bond donors (Lipinski definition) is 2. The Hall–Kier alpha value is -4.25. The van der Waals surface area contributed by atoms with Crippen LogP contribution < -0.4 is 15.8 Å².